The van der Waals surface area contributed by atoms with Gasteiger partial charge in [0.25, 0.3) is 0 Å². The second-order valence-corrected chi connectivity index (χ2v) is 10.1. The Hall–Kier alpha value is -0.000000000000000111. The summed E-state index contributed by atoms with van der Waals surface area (Å²) in [5, 5.41) is 7.31. The van der Waals surface area contributed by atoms with Crippen LogP contribution < -0.4 is 15.2 Å². The summed E-state index contributed by atoms with van der Waals surface area (Å²) >= 11 is 22.7. The summed E-state index contributed by atoms with van der Waals surface area (Å²) < 4.78 is 47.1. The van der Waals surface area contributed by atoms with Gasteiger partial charge in [0.1, 0.15) is 16.0 Å². The third-order valence-corrected chi connectivity index (χ3v) is 6.02. The zero-order chi connectivity index (χ0) is 16.2. The minimum Gasteiger partial charge on any atom is -0.364 e. The summed E-state index contributed by atoms with van der Waals surface area (Å²) in [6, 6.07) is 1.91. The molecule has 7 nitrogen and oxygen atoms in total. The first-order valence-electron chi connectivity index (χ1n) is 5.04. The number of rotatable bonds is 1. The number of nitrogens with two attached hydrogens (primary N) is 1. The highest BCUT2D eigenvalue weighted by Crippen LogP contribution is 2.38. The van der Waals surface area contributed by atoms with Crippen molar-refractivity contribution in [3.8, 4) is 0 Å². The van der Waals surface area contributed by atoms with Gasteiger partial charge in [0.2, 0.25) is 23.8 Å². The molecule has 0 amide bonds. The Balaban J connectivity index is 2.67. The van der Waals surface area contributed by atoms with Gasteiger partial charge in [-0.2, -0.15) is 4.72 Å². The van der Waals surface area contributed by atoms with E-state index in [1.54, 1.807) is 0 Å². The van der Waals surface area contributed by atoms with Gasteiger partial charge in [-0.25, -0.2) is 22.0 Å². The fourth-order valence-electron chi connectivity index (χ4n) is 1.64. The molecule has 0 unspecified atom stereocenters. The van der Waals surface area contributed by atoms with E-state index in [0.29, 0.717) is 0 Å². The Labute approximate surface area is 140 Å². The zero-order valence-corrected chi connectivity index (χ0v) is 14.4. The number of nitrogens with one attached hydrogen (secondary N) is 2. The molecule has 1 aliphatic rings. The lowest BCUT2D eigenvalue weighted by atomic mass is 10.3. The van der Waals surface area contributed by atoms with E-state index in [4.69, 9.17) is 51.5 Å². The first-order chi connectivity index (χ1) is 9.32. The fraction of sp³-hybridized carbons (Fsp3) is 0.250. The Morgan fingerprint density at radius 1 is 1.24 bits per heavy atom. The van der Waals surface area contributed by atoms with Gasteiger partial charge >= 0.3 is 0 Å². The largest absolute Gasteiger partial charge is 0.364 e. The molecule has 4 N–H and O–H groups in total. The monoisotopic (exact) mass is 413 g/mol. The van der Waals surface area contributed by atoms with Crippen LogP contribution in [0.2, 0.25) is 5.02 Å². The number of primary sulfonamides is 1. The second-order valence-electron chi connectivity index (χ2n) is 4.06. The molecule has 0 aromatic heterocycles. The van der Waals surface area contributed by atoms with Gasteiger partial charge in [-0.1, -0.05) is 46.4 Å². The predicted octanol–water partition coefficient (Wildman–Crippen LogP) is 1.39. The zero-order valence-electron chi connectivity index (χ0n) is 9.77. The van der Waals surface area contributed by atoms with Crippen LogP contribution in [0.15, 0.2) is 21.9 Å². The van der Waals surface area contributed by atoms with Crippen LogP contribution >= 0.6 is 46.4 Å². The van der Waals surface area contributed by atoms with Gasteiger partial charge < -0.3 is 5.32 Å². The van der Waals surface area contributed by atoms with Gasteiger partial charge in [-0.15, -0.1) is 0 Å². The van der Waals surface area contributed by atoms with E-state index in [0.717, 1.165) is 12.1 Å². The maximum Gasteiger partial charge on any atom is 0.244 e. The van der Waals surface area contributed by atoms with Crippen LogP contribution in [0.25, 0.3) is 0 Å². The minimum atomic E-state index is -4.19. The van der Waals surface area contributed by atoms with E-state index in [2.05, 4.69) is 10.0 Å². The lowest BCUT2D eigenvalue weighted by Gasteiger charge is -2.32. The van der Waals surface area contributed by atoms with Crippen LogP contribution in [-0.2, 0) is 20.0 Å². The fourth-order valence-corrected chi connectivity index (χ4v) is 4.69. The van der Waals surface area contributed by atoms with Crippen LogP contribution in [0.4, 0.5) is 5.69 Å². The number of sulfonamides is 2. The average molecular weight is 415 g/mol. The van der Waals surface area contributed by atoms with Crippen molar-refractivity contribution in [3.63, 3.8) is 0 Å². The maximum absolute atomic E-state index is 12.1. The van der Waals surface area contributed by atoms with Crippen LogP contribution in [-0.4, -0.2) is 26.8 Å². The van der Waals surface area contributed by atoms with Gasteiger partial charge in [0.15, 0.2) is 0 Å². The average Bonchev–Trinajstić information content (AvgIpc) is 2.23. The normalized spacial score (nSPS) is 21.5. The molecule has 1 aromatic rings. The third kappa shape index (κ3) is 3.50. The summed E-state index contributed by atoms with van der Waals surface area (Å²) in [5.41, 5.74) is -0.0116. The van der Waals surface area contributed by atoms with Crippen molar-refractivity contribution in [3.05, 3.63) is 17.2 Å². The molecule has 0 spiro atoms. The van der Waals surface area contributed by atoms with Crippen molar-refractivity contribution in [2.24, 2.45) is 5.14 Å². The summed E-state index contributed by atoms with van der Waals surface area (Å²) in [4.78, 5) is -0.899. The van der Waals surface area contributed by atoms with Gasteiger partial charge in [0.05, 0.1) is 10.7 Å². The van der Waals surface area contributed by atoms with Gasteiger partial charge in [-0.05, 0) is 12.1 Å². The number of alkyl halides is 3. The Morgan fingerprint density at radius 2 is 1.81 bits per heavy atom. The third-order valence-electron chi connectivity index (χ3n) is 2.53. The van der Waals surface area contributed by atoms with E-state index in [-0.39, 0.29) is 15.6 Å². The van der Waals surface area contributed by atoms with E-state index >= 15 is 0 Å². The highest BCUT2D eigenvalue weighted by atomic mass is 35.6. The van der Waals surface area contributed by atoms with E-state index in [1.807, 2.05) is 0 Å². The molecule has 118 valence electrons. The molecule has 0 saturated heterocycles. The number of halogens is 4. The molecule has 2 rings (SSSR count). The van der Waals surface area contributed by atoms with Gasteiger partial charge in [0, 0.05) is 0 Å². The molecule has 0 radical (unpaired) electrons. The van der Waals surface area contributed by atoms with E-state index in [9.17, 15) is 16.8 Å². The molecule has 1 aromatic carbocycles. The molecule has 13 heteroatoms. The summed E-state index contributed by atoms with van der Waals surface area (Å²) in [6.07, 6.45) is -1.25. The highest BCUT2D eigenvalue weighted by molar-refractivity contribution is 7.90. The van der Waals surface area contributed by atoms with E-state index < -0.39 is 34.9 Å². The summed E-state index contributed by atoms with van der Waals surface area (Å²) in [7, 11) is -8.31. The lowest BCUT2D eigenvalue weighted by Crippen LogP contribution is -2.52. The molecular weight excluding hydrogens is 408 g/mol. The molecule has 0 saturated carbocycles. The molecule has 1 atom stereocenters. The van der Waals surface area contributed by atoms with Crippen molar-refractivity contribution >= 4 is 72.1 Å². The van der Waals surface area contributed by atoms with Crippen LogP contribution in [0.1, 0.15) is 0 Å². The molecule has 0 bridgehead atoms. The summed E-state index contributed by atoms with van der Waals surface area (Å²) in [5.74, 6) is 0. The van der Waals surface area contributed by atoms with Crippen molar-refractivity contribution in [2.45, 2.75) is 19.7 Å². The molecule has 1 aliphatic heterocycles. The number of fused-ring (bicyclic) bond motifs is 1. The maximum atomic E-state index is 12.1. The molecule has 0 aliphatic carbocycles. The summed E-state index contributed by atoms with van der Waals surface area (Å²) in [6.45, 7) is 0. The Bertz CT molecular complexity index is 804. The van der Waals surface area contributed by atoms with Crippen molar-refractivity contribution in [1.29, 1.82) is 0 Å². The topological polar surface area (TPSA) is 118 Å². The number of benzene rings is 1. The van der Waals surface area contributed by atoms with E-state index in [1.165, 1.54) is 0 Å². The van der Waals surface area contributed by atoms with Crippen LogP contribution in [0, 0.1) is 0 Å². The van der Waals surface area contributed by atoms with Crippen LogP contribution in [0.3, 0.4) is 0 Å². The first-order valence-corrected chi connectivity index (χ1v) is 9.58. The lowest BCUT2D eigenvalue weighted by molar-refractivity contribution is 0.558. The number of hydrogen-bond acceptors (Lipinski definition) is 5. The van der Waals surface area contributed by atoms with Crippen molar-refractivity contribution < 1.29 is 16.8 Å². The quantitative estimate of drug-likeness (QED) is 0.600. The number of hydrogen-bond donors (Lipinski definition) is 3. The molecule has 0 fully saturated rings. The van der Waals surface area contributed by atoms with Crippen molar-refractivity contribution in [1.82, 2.24) is 4.72 Å². The Kier molecular flexibility index (Phi) is 4.36. The SMILES string of the molecule is NS(=O)(=O)c1cc2c(cc1Cl)N[C@H](C(Cl)(Cl)Cl)NS2(=O)=O. The standard InChI is InChI=1S/C8H7Cl4N3O4S2/c9-3-1-4-6(2-5(3)20(13,16)17)21(18,19)15-7(14-4)8(10,11)12/h1-2,7,14-15H,(H2,13,16,17)/t7-/m0/s1. The van der Waals surface area contributed by atoms with Crippen molar-refractivity contribution in [2.75, 3.05) is 5.32 Å². The first kappa shape index (κ1) is 17.4. The minimum absolute atomic E-state index is 0.0116. The number of anilines is 1. The molecule has 1 heterocycles. The molecular formula is C8H7Cl4N3O4S2. The second kappa shape index (κ2) is 5.27. The molecule has 21 heavy (non-hydrogen) atoms. The smallest absolute Gasteiger partial charge is 0.244 e. The predicted molar refractivity (Wildman–Crippen MR) is 80.8 cm³/mol. The van der Waals surface area contributed by atoms with Crippen LogP contribution in [0.5, 0.6) is 0 Å². The van der Waals surface area contributed by atoms with Gasteiger partial charge in [-0.3, -0.25) is 0 Å². The Morgan fingerprint density at radius 3 is 2.29 bits per heavy atom. The highest BCUT2D eigenvalue weighted by Gasteiger charge is 2.41.